The van der Waals surface area contributed by atoms with Crippen LogP contribution in [0.25, 0.3) is 0 Å². The van der Waals surface area contributed by atoms with E-state index < -0.39 is 10.0 Å². The first-order chi connectivity index (χ1) is 9.72. The average molecular weight is 386 g/mol. The van der Waals surface area contributed by atoms with Crippen molar-refractivity contribution >= 4 is 67.8 Å². The van der Waals surface area contributed by atoms with Gasteiger partial charge in [0.25, 0.3) is 10.0 Å². The van der Waals surface area contributed by atoms with Gasteiger partial charge in [0.15, 0.2) is 0 Å². The molecule has 21 heavy (non-hydrogen) atoms. The standard InChI is InChI=1S/C12H8Cl4N2O2S/c13-6-4-8(15)12(9(17)5-6)21(19,20)18-10-3-1-2-7(14)11(10)16/h1-5,18H,17H2. The van der Waals surface area contributed by atoms with Crippen molar-refractivity contribution in [1.29, 1.82) is 0 Å². The van der Waals surface area contributed by atoms with Gasteiger partial charge in [0.1, 0.15) is 4.90 Å². The molecule has 0 fully saturated rings. The highest BCUT2D eigenvalue weighted by Crippen LogP contribution is 2.35. The van der Waals surface area contributed by atoms with Gasteiger partial charge in [-0.25, -0.2) is 8.42 Å². The molecule has 0 aliphatic heterocycles. The van der Waals surface area contributed by atoms with Crippen molar-refractivity contribution in [2.24, 2.45) is 0 Å². The second-order valence-electron chi connectivity index (χ2n) is 4.01. The Morgan fingerprint density at radius 1 is 1.00 bits per heavy atom. The van der Waals surface area contributed by atoms with E-state index in [1.165, 1.54) is 24.3 Å². The summed E-state index contributed by atoms with van der Waals surface area (Å²) < 4.78 is 27.1. The van der Waals surface area contributed by atoms with E-state index in [4.69, 9.17) is 52.1 Å². The third kappa shape index (κ3) is 3.49. The van der Waals surface area contributed by atoms with E-state index >= 15 is 0 Å². The third-order valence-corrected chi connectivity index (χ3v) is 5.43. The van der Waals surface area contributed by atoms with Crippen LogP contribution in [0.4, 0.5) is 11.4 Å². The summed E-state index contributed by atoms with van der Waals surface area (Å²) in [7, 11) is -4.04. The molecule has 0 saturated heterocycles. The molecule has 0 bridgehead atoms. The maximum absolute atomic E-state index is 12.4. The number of sulfonamides is 1. The topological polar surface area (TPSA) is 72.2 Å². The molecule has 0 atom stereocenters. The molecule has 112 valence electrons. The number of halogens is 4. The van der Waals surface area contributed by atoms with Gasteiger partial charge >= 0.3 is 0 Å². The van der Waals surface area contributed by atoms with E-state index in [1.807, 2.05) is 0 Å². The molecule has 0 saturated carbocycles. The molecular weight excluding hydrogens is 378 g/mol. The van der Waals surface area contributed by atoms with Crippen LogP contribution in [-0.2, 0) is 10.0 Å². The van der Waals surface area contributed by atoms with Gasteiger partial charge in [0.05, 0.1) is 26.4 Å². The quantitative estimate of drug-likeness (QED) is 0.753. The van der Waals surface area contributed by atoms with Crippen molar-refractivity contribution in [3.63, 3.8) is 0 Å². The first kappa shape index (κ1) is 16.5. The van der Waals surface area contributed by atoms with Crippen LogP contribution in [0.15, 0.2) is 35.2 Å². The zero-order valence-corrected chi connectivity index (χ0v) is 14.0. The highest BCUT2D eigenvalue weighted by molar-refractivity contribution is 7.93. The SMILES string of the molecule is Nc1cc(Cl)cc(Cl)c1S(=O)(=O)Nc1cccc(Cl)c1Cl. The fraction of sp³-hybridized carbons (Fsp3) is 0. The van der Waals surface area contributed by atoms with E-state index in [-0.39, 0.29) is 36.4 Å². The number of nitrogen functional groups attached to an aromatic ring is 1. The Hall–Kier alpha value is -0.850. The molecule has 2 aromatic rings. The highest BCUT2D eigenvalue weighted by Gasteiger charge is 2.23. The molecule has 0 radical (unpaired) electrons. The van der Waals surface area contributed by atoms with Crippen LogP contribution < -0.4 is 10.5 Å². The minimum Gasteiger partial charge on any atom is -0.398 e. The second kappa shape index (κ2) is 6.10. The lowest BCUT2D eigenvalue weighted by Crippen LogP contribution is -2.15. The largest absolute Gasteiger partial charge is 0.398 e. The molecule has 0 aliphatic carbocycles. The van der Waals surface area contributed by atoms with Gasteiger partial charge in [0.2, 0.25) is 0 Å². The van der Waals surface area contributed by atoms with Gasteiger partial charge in [-0.2, -0.15) is 0 Å². The molecular formula is C12H8Cl4N2O2S. The Morgan fingerprint density at radius 2 is 1.67 bits per heavy atom. The number of hydrogen-bond donors (Lipinski definition) is 2. The van der Waals surface area contributed by atoms with Crippen LogP contribution in [-0.4, -0.2) is 8.42 Å². The molecule has 0 unspecified atom stereocenters. The van der Waals surface area contributed by atoms with E-state index in [2.05, 4.69) is 4.72 Å². The molecule has 2 rings (SSSR count). The fourth-order valence-corrected chi connectivity index (χ4v) is 4.11. The van der Waals surface area contributed by atoms with Crippen LogP contribution in [0.1, 0.15) is 0 Å². The zero-order valence-electron chi connectivity index (χ0n) is 10.2. The number of nitrogens with one attached hydrogen (secondary N) is 1. The Morgan fingerprint density at radius 3 is 2.29 bits per heavy atom. The second-order valence-corrected chi connectivity index (χ2v) is 7.26. The van der Waals surface area contributed by atoms with Crippen LogP contribution in [0.3, 0.4) is 0 Å². The normalized spacial score (nSPS) is 11.4. The number of rotatable bonds is 3. The Labute approximate surface area is 141 Å². The summed E-state index contributed by atoms with van der Waals surface area (Å²) in [5.74, 6) is 0. The lowest BCUT2D eigenvalue weighted by molar-refractivity contribution is 0.601. The lowest BCUT2D eigenvalue weighted by Gasteiger charge is -2.13. The number of hydrogen-bond acceptors (Lipinski definition) is 3. The van der Waals surface area contributed by atoms with E-state index in [0.29, 0.717) is 0 Å². The van der Waals surface area contributed by atoms with Crippen LogP contribution in [0.5, 0.6) is 0 Å². The highest BCUT2D eigenvalue weighted by atomic mass is 35.5. The molecule has 4 nitrogen and oxygen atoms in total. The molecule has 2 aromatic carbocycles. The Balaban J connectivity index is 2.51. The van der Waals surface area contributed by atoms with Gasteiger partial charge in [-0.05, 0) is 24.3 Å². The van der Waals surface area contributed by atoms with Crippen molar-refractivity contribution < 1.29 is 8.42 Å². The molecule has 3 N–H and O–H groups in total. The summed E-state index contributed by atoms with van der Waals surface area (Å²) in [5, 5.41) is 0.432. The molecule has 0 heterocycles. The zero-order chi connectivity index (χ0) is 15.8. The maximum Gasteiger partial charge on any atom is 0.265 e. The van der Waals surface area contributed by atoms with Crippen molar-refractivity contribution in [2.75, 3.05) is 10.5 Å². The van der Waals surface area contributed by atoms with Crippen molar-refractivity contribution in [3.8, 4) is 0 Å². The molecule has 0 aromatic heterocycles. The van der Waals surface area contributed by atoms with Gasteiger partial charge in [0, 0.05) is 5.02 Å². The first-order valence-corrected chi connectivity index (χ1v) is 8.43. The van der Waals surface area contributed by atoms with Gasteiger partial charge in [-0.1, -0.05) is 52.5 Å². The summed E-state index contributed by atoms with van der Waals surface area (Å²) >= 11 is 23.5. The van der Waals surface area contributed by atoms with Crippen molar-refractivity contribution in [1.82, 2.24) is 0 Å². The van der Waals surface area contributed by atoms with Gasteiger partial charge in [-0.15, -0.1) is 0 Å². The Bertz CT molecular complexity index is 786. The van der Waals surface area contributed by atoms with Crippen molar-refractivity contribution in [3.05, 3.63) is 50.4 Å². The summed E-state index contributed by atoms with van der Waals surface area (Å²) in [6.45, 7) is 0. The summed E-state index contributed by atoms with van der Waals surface area (Å²) in [6.07, 6.45) is 0. The van der Waals surface area contributed by atoms with Crippen LogP contribution in [0, 0.1) is 0 Å². The monoisotopic (exact) mass is 384 g/mol. The number of nitrogens with two attached hydrogens (primary N) is 1. The van der Waals surface area contributed by atoms with Crippen LogP contribution >= 0.6 is 46.4 Å². The summed E-state index contributed by atoms with van der Waals surface area (Å²) in [5.41, 5.74) is 5.73. The molecule has 9 heteroatoms. The summed E-state index contributed by atoms with van der Waals surface area (Å²) in [4.78, 5) is -0.274. The predicted octanol–water partition coefficient (Wildman–Crippen LogP) is 4.68. The fourth-order valence-electron chi connectivity index (χ4n) is 1.64. The van der Waals surface area contributed by atoms with Gasteiger partial charge in [-0.3, -0.25) is 4.72 Å². The molecule has 0 spiro atoms. The Kier molecular flexibility index (Phi) is 4.80. The average Bonchev–Trinajstić information content (AvgIpc) is 2.33. The third-order valence-electron chi connectivity index (χ3n) is 2.50. The minimum atomic E-state index is -4.04. The number of benzene rings is 2. The van der Waals surface area contributed by atoms with E-state index in [9.17, 15) is 8.42 Å². The smallest absolute Gasteiger partial charge is 0.265 e. The van der Waals surface area contributed by atoms with E-state index in [1.54, 1.807) is 6.07 Å². The van der Waals surface area contributed by atoms with E-state index in [0.717, 1.165) is 0 Å². The maximum atomic E-state index is 12.4. The summed E-state index contributed by atoms with van der Waals surface area (Å²) in [6, 6.07) is 7.13. The van der Waals surface area contributed by atoms with Crippen LogP contribution in [0.2, 0.25) is 20.1 Å². The number of anilines is 2. The van der Waals surface area contributed by atoms with Gasteiger partial charge < -0.3 is 5.73 Å². The van der Waals surface area contributed by atoms with Crippen molar-refractivity contribution in [2.45, 2.75) is 4.90 Å². The predicted molar refractivity (Wildman–Crippen MR) is 88.1 cm³/mol. The molecule has 0 aliphatic rings. The lowest BCUT2D eigenvalue weighted by atomic mass is 10.3. The molecule has 0 amide bonds. The minimum absolute atomic E-state index is 0.0712. The first-order valence-electron chi connectivity index (χ1n) is 5.43.